The van der Waals surface area contributed by atoms with E-state index in [0.717, 1.165) is 11.3 Å². The van der Waals surface area contributed by atoms with Gasteiger partial charge in [0, 0.05) is 11.9 Å². The van der Waals surface area contributed by atoms with Gasteiger partial charge in [-0.1, -0.05) is 29.8 Å². The van der Waals surface area contributed by atoms with Gasteiger partial charge in [-0.25, -0.2) is 19.3 Å². The van der Waals surface area contributed by atoms with Crippen LogP contribution in [0.1, 0.15) is 11.3 Å². The number of aliphatic hydroxyl groups is 1. The molecule has 1 fully saturated rings. The molecule has 1 aliphatic rings. The fourth-order valence-corrected chi connectivity index (χ4v) is 3.62. The van der Waals surface area contributed by atoms with Gasteiger partial charge in [0.2, 0.25) is 5.95 Å². The predicted molar refractivity (Wildman–Crippen MR) is 120 cm³/mol. The largest absolute Gasteiger partial charge is 0.379 e. The monoisotopic (exact) mass is 430 g/mol. The molecule has 32 heavy (non-hydrogen) atoms. The van der Waals surface area contributed by atoms with Crippen LogP contribution >= 0.6 is 0 Å². The first-order valence-corrected chi connectivity index (χ1v) is 10.2. The van der Waals surface area contributed by atoms with Crippen molar-refractivity contribution in [3.63, 3.8) is 0 Å². The van der Waals surface area contributed by atoms with Gasteiger partial charge in [-0.05, 0) is 31.2 Å². The molecule has 1 aromatic carbocycles. The van der Waals surface area contributed by atoms with E-state index >= 15 is 0 Å². The van der Waals surface area contributed by atoms with Crippen LogP contribution in [0.3, 0.4) is 0 Å². The SMILES string of the molecule is C=CCn1c(=O)c2cnc(Nc3ccc(C)cc3)nc2n1-c1cccc(C2(O)COC2)n1. The lowest BCUT2D eigenvalue weighted by atomic mass is 9.97. The van der Waals surface area contributed by atoms with E-state index in [-0.39, 0.29) is 25.3 Å². The molecule has 1 aliphatic heterocycles. The maximum Gasteiger partial charge on any atom is 0.278 e. The van der Waals surface area contributed by atoms with Gasteiger partial charge >= 0.3 is 0 Å². The van der Waals surface area contributed by atoms with E-state index < -0.39 is 5.60 Å². The van der Waals surface area contributed by atoms with Crippen LogP contribution in [0.4, 0.5) is 11.6 Å². The van der Waals surface area contributed by atoms with Crippen LogP contribution in [0.25, 0.3) is 16.9 Å². The van der Waals surface area contributed by atoms with Crippen molar-refractivity contribution >= 4 is 22.7 Å². The summed E-state index contributed by atoms with van der Waals surface area (Å²) < 4.78 is 8.29. The van der Waals surface area contributed by atoms with Crippen molar-refractivity contribution in [3.8, 4) is 5.82 Å². The molecule has 5 rings (SSSR count). The average Bonchev–Trinajstić information content (AvgIpc) is 3.05. The van der Waals surface area contributed by atoms with Crippen LogP contribution < -0.4 is 10.9 Å². The summed E-state index contributed by atoms with van der Waals surface area (Å²) in [5.74, 6) is 0.810. The summed E-state index contributed by atoms with van der Waals surface area (Å²) >= 11 is 0. The highest BCUT2D eigenvalue weighted by molar-refractivity contribution is 5.77. The average molecular weight is 430 g/mol. The van der Waals surface area contributed by atoms with Gasteiger partial charge in [-0.15, -0.1) is 6.58 Å². The Morgan fingerprint density at radius 3 is 2.69 bits per heavy atom. The normalized spacial score (nSPS) is 14.8. The highest BCUT2D eigenvalue weighted by atomic mass is 16.5. The smallest absolute Gasteiger partial charge is 0.278 e. The van der Waals surface area contributed by atoms with E-state index in [9.17, 15) is 9.90 Å². The number of allylic oxidation sites excluding steroid dienone is 1. The molecule has 0 radical (unpaired) electrons. The van der Waals surface area contributed by atoms with E-state index in [1.165, 1.54) is 10.9 Å². The third-order valence-electron chi connectivity index (χ3n) is 5.40. The first-order valence-electron chi connectivity index (χ1n) is 10.2. The first-order chi connectivity index (χ1) is 15.5. The van der Waals surface area contributed by atoms with Crippen LogP contribution in [0.2, 0.25) is 0 Å². The highest BCUT2D eigenvalue weighted by Gasteiger charge is 2.39. The number of anilines is 2. The molecule has 3 aromatic heterocycles. The molecular formula is C23H22N6O3. The van der Waals surface area contributed by atoms with Gasteiger partial charge in [0.1, 0.15) is 5.39 Å². The second-order valence-electron chi connectivity index (χ2n) is 7.82. The Hall–Kier alpha value is -3.82. The fourth-order valence-electron chi connectivity index (χ4n) is 3.62. The van der Waals surface area contributed by atoms with Gasteiger partial charge < -0.3 is 15.2 Å². The van der Waals surface area contributed by atoms with Gasteiger partial charge in [-0.2, -0.15) is 4.98 Å². The second-order valence-corrected chi connectivity index (χ2v) is 7.82. The predicted octanol–water partition coefficient (Wildman–Crippen LogP) is 2.43. The summed E-state index contributed by atoms with van der Waals surface area (Å²) in [7, 11) is 0. The van der Waals surface area contributed by atoms with Gasteiger partial charge in [0.05, 0.1) is 25.5 Å². The number of hydrogen-bond acceptors (Lipinski definition) is 7. The molecular weight excluding hydrogens is 408 g/mol. The summed E-state index contributed by atoms with van der Waals surface area (Å²) in [5.41, 5.74) is 1.49. The van der Waals surface area contributed by atoms with E-state index in [1.54, 1.807) is 29.0 Å². The minimum atomic E-state index is -1.13. The molecule has 0 saturated carbocycles. The summed E-state index contributed by atoms with van der Waals surface area (Å²) in [4.78, 5) is 26.6. The number of benzene rings is 1. The van der Waals surface area contributed by atoms with E-state index in [4.69, 9.17) is 4.74 Å². The van der Waals surface area contributed by atoms with Gasteiger partial charge in [0.25, 0.3) is 5.56 Å². The van der Waals surface area contributed by atoms with E-state index in [0.29, 0.717) is 28.5 Å². The topological polar surface area (TPSA) is 107 Å². The molecule has 0 atom stereocenters. The number of hydrogen-bond donors (Lipinski definition) is 2. The standard InChI is InChI=1S/C23H22N6O3/c1-3-11-28-21(30)17-12-24-22(25-16-9-7-15(2)8-10-16)27-20(17)29(28)19-6-4-5-18(26-19)23(31)13-32-14-23/h3-10,12,31H,1,11,13-14H2,2H3,(H,24,25,27). The Labute approximate surface area is 183 Å². The number of ether oxygens (including phenoxy) is 1. The van der Waals surface area contributed by atoms with Crippen LogP contribution in [0.15, 0.2) is 66.1 Å². The van der Waals surface area contributed by atoms with Crippen molar-refractivity contribution in [2.75, 3.05) is 18.5 Å². The van der Waals surface area contributed by atoms with E-state index in [2.05, 4.69) is 26.8 Å². The van der Waals surface area contributed by atoms with Crippen LogP contribution in [-0.4, -0.2) is 42.6 Å². The number of fused-ring (bicyclic) bond motifs is 1. The summed E-state index contributed by atoms with van der Waals surface area (Å²) in [6.07, 6.45) is 3.14. The maximum atomic E-state index is 13.1. The molecule has 0 unspecified atom stereocenters. The van der Waals surface area contributed by atoms with Gasteiger partial charge in [0.15, 0.2) is 17.1 Å². The first kappa shape index (κ1) is 20.1. The lowest BCUT2D eigenvalue weighted by Crippen LogP contribution is -2.47. The van der Waals surface area contributed by atoms with E-state index in [1.807, 2.05) is 31.2 Å². The van der Waals surface area contributed by atoms with Crippen LogP contribution in [-0.2, 0) is 16.9 Å². The third kappa shape index (κ3) is 3.37. The minimum absolute atomic E-state index is 0.183. The molecule has 9 nitrogen and oxygen atoms in total. The zero-order valence-electron chi connectivity index (χ0n) is 17.5. The van der Waals surface area contributed by atoms with Crippen molar-refractivity contribution in [2.24, 2.45) is 0 Å². The molecule has 0 spiro atoms. The molecule has 9 heteroatoms. The summed E-state index contributed by atoms with van der Waals surface area (Å²) in [6.45, 7) is 6.40. The molecule has 0 bridgehead atoms. The second kappa shape index (κ2) is 7.70. The quantitative estimate of drug-likeness (QED) is 0.453. The summed E-state index contributed by atoms with van der Waals surface area (Å²) in [5, 5.41) is 14.2. The van der Waals surface area contributed by atoms with Gasteiger partial charge in [-0.3, -0.25) is 4.79 Å². The van der Waals surface area contributed by atoms with Crippen molar-refractivity contribution in [1.82, 2.24) is 24.3 Å². The van der Waals surface area contributed by atoms with Crippen LogP contribution in [0.5, 0.6) is 0 Å². The zero-order chi connectivity index (χ0) is 22.3. The number of aryl methyl sites for hydroxylation is 1. The Bertz CT molecular complexity index is 1370. The van der Waals surface area contributed by atoms with Crippen molar-refractivity contribution < 1.29 is 9.84 Å². The Balaban J connectivity index is 1.65. The fraction of sp³-hybridized carbons (Fsp3) is 0.217. The number of nitrogens with zero attached hydrogens (tertiary/aromatic N) is 5. The number of rotatable bonds is 6. The Kier molecular flexibility index (Phi) is 4.84. The molecule has 4 heterocycles. The zero-order valence-corrected chi connectivity index (χ0v) is 17.5. The van der Waals surface area contributed by atoms with Crippen LogP contribution in [0, 0.1) is 6.92 Å². The minimum Gasteiger partial charge on any atom is -0.379 e. The molecule has 4 aromatic rings. The maximum absolute atomic E-state index is 13.1. The molecule has 162 valence electrons. The lowest BCUT2D eigenvalue weighted by Gasteiger charge is -2.35. The molecule has 0 aliphatic carbocycles. The van der Waals surface area contributed by atoms with Crippen molar-refractivity contribution in [1.29, 1.82) is 0 Å². The number of nitrogens with one attached hydrogen (secondary N) is 1. The third-order valence-corrected chi connectivity index (χ3v) is 5.40. The highest BCUT2D eigenvalue weighted by Crippen LogP contribution is 2.28. The number of aromatic nitrogens is 5. The summed E-state index contributed by atoms with van der Waals surface area (Å²) in [6, 6.07) is 13.1. The Morgan fingerprint density at radius 1 is 1.22 bits per heavy atom. The molecule has 1 saturated heterocycles. The molecule has 0 amide bonds. The molecule has 2 N–H and O–H groups in total. The number of pyridine rings is 1. The van der Waals surface area contributed by atoms with Crippen molar-refractivity contribution in [2.45, 2.75) is 19.1 Å². The lowest BCUT2D eigenvalue weighted by molar-refractivity contribution is -0.186. The van der Waals surface area contributed by atoms with Crippen molar-refractivity contribution in [3.05, 3.63) is 82.9 Å². The Morgan fingerprint density at radius 2 is 2.00 bits per heavy atom.